The summed E-state index contributed by atoms with van der Waals surface area (Å²) in [5.74, 6) is -1.07. The number of alkyl halides is 1. The fourth-order valence-electron chi connectivity index (χ4n) is 4.36. The van der Waals surface area contributed by atoms with Crippen LogP contribution in [0.25, 0.3) is 6.08 Å². The van der Waals surface area contributed by atoms with Crippen LogP contribution >= 0.6 is 7.75 Å². The van der Waals surface area contributed by atoms with Crippen molar-refractivity contribution in [3.8, 4) is 5.75 Å². The molecule has 240 valence electrons. The third-order valence-electron chi connectivity index (χ3n) is 6.60. The standard InChI is InChI=1S/C30H33FN3O10P/c1-19(2)42-26(37)17-32-45(40,44-22-12-10-21(11-13-22)23(35)14-9-20-7-5-4-6-8-20)41-18-24-27(38)30(3,31)28(43-24)34-16-15-25(36)33-29(34)39/h4-16,19,24,27-28,38H,17-18H2,1-3H3,(H,32,40)(H,33,36,39)/b14-9+/t24-,27-,28-,30-,45?/m1/s1. The summed E-state index contributed by atoms with van der Waals surface area (Å²) in [5.41, 5.74) is -3.06. The molecule has 3 N–H and O–H groups in total. The lowest BCUT2D eigenvalue weighted by atomic mass is 9.98. The van der Waals surface area contributed by atoms with Gasteiger partial charge in [0.1, 0.15) is 24.5 Å². The zero-order chi connectivity index (χ0) is 32.8. The van der Waals surface area contributed by atoms with Crippen molar-refractivity contribution < 1.29 is 42.2 Å². The number of carbonyl (C=O) groups excluding carboxylic acids is 2. The predicted octanol–water partition coefficient (Wildman–Crippen LogP) is 3.16. The van der Waals surface area contributed by atoms with Gasteiger partial charge in [0.25, 0.3) is 5.56 Å². The topological polar surface area (TPSA) is 175 Å². The second kappa shape index (κ2) is 14.3. The molecule has 1 unspecified atom stereocenters. The number of rotatable bonds is 13. The maximum atomic E-state index is 15.6. The number of aromatic amines is 1. The van der Waals surface area contributed by atoms with E-state index in [0.29, 0.717) is 5.56 Å². The molecule has 1 saturated heterocycles. The molecule has 4 rings (SSSR count). The highest BCUT2D eigenvalue weighted by atomic mass is 31.2. The van der Waals surface area contributed by atoms with Crippen LogP contribution < -0.4 is 20.9 Å². The largest absolute Gasteiger partial charge is 0.462 e. The van der Waals surface area contributed by atoms with Gasteiger partial charge in [-0.3, -0.25) is 28.5 Å². The molecule has 0 bridgehead atoms. The van der Waals surface area contributed by atoms with E-state index in [-0.39, 0.29) is 11.5 Å². The fourth-order valence-corrected chi connectivity index (χ4v) is 5.63. The Morgan fingerprint density at radius 2 is 1.84 bits per heavy atom. The predicted molar refractivity (Wildman–Crippen MR) is 160 cm³/mol. The van der Waals surface area contributed by atoms with E-state index >= 15 is 4.39 Å². The number of hydrogen-bond acceptors (Lipinski definition) is 10. The van der Waals surface area contributed by atoms with Crippen LogP contribution in [0.3, 0.4) is 0 Å². The summed E-state index contributed by atoms with van der Waals surface area (Å²) in [6, 6.07) is 15.8. The van der Waals surface area contributed by atoms with E-state index in [4.69, 9.17) is 18.5 Å². The molecular weight excluding hydrogens is 612 g/mol. The molecule has 5 atom stereocenters. The summed E-state index contributed by atoms with van der Waals surface area (Å²) in [7, 11) is -4.44. The number of aliphatic hydroxyl groups excluding tert-OH is 1. The second-order valence-electron chi connectivity index (χ2n) is 10.5. The van der Waals surface area contributed by atoms with Crippen LogP contribution in [0.1, 0.15) is 42.9 Å². The first-order valence-corrected chi connectivity index (χ1v) is 15.4. The number of hydrogen-bond donors (Lipinski definition) is 3. The van der Waals surface area contributed by atoms with Crippen molar-refractivity contribution in [2.24, 2.45) is 0 Å². The molecule has 2 heterocycles. The van der Waals surface area contributed by atoms with Gasteiger partial charge >= 0.3 is 19.4 Å². The number of nitrogens with one attached hydrogen (secondary N) is 2. The van der Waals surface area contributed by atoms with Crippen LogP contribution in [0.4, 0.5) is 4.39 Å². The Morgan fingerprint density at radius 1 is 1.16 bits per heavy atom. The van der Waals surface area contributed by atoms with Crippen LogP contribution in [-0.4, -0.2) is 63.5 Å². The summed E-state index contributed by atoms with van der Waals surface area (Å²) < 4.78 is 51.8. The Kier molecular flexibility index (Phi) is 10.7. The van der Waals surface area contributed by atoms with E-state index < -0.39 is 68.3 Å². The van der Waals surface area contributed by atoms with Gasteiger partial charge in [-0.2, -0.15) is 0 Å². The maximum absolute atomic E-state index is 15.6. The van der Waals surface area contributed by atoms with E-state index in [9.17, 15) is 28.8 Å². The smallest absolute Gasteiger partial charge is 0.459 e. The minimum Gasteiger partial charge on any atom is -0.462 e. The van der Waals surface area contributed by atoms with Crippen LogP contribution in [0.15, 0.2) is 82.5 Å². The third-order valence-corrected chi connectivity index (χ3v) is 8.09. The molecule has 15 heteroatoms. The molecule has 45 heavy (non-hydrogen) atoms. The first kappa shape index (κ1) is 33.7. The van der Waals surface area contributed by atoms with Gasteiger partial charge in [0.2, 0.25) is 0 Å². The van der Waals surface area contributed by atoms with Gasteiger partial charge < -0.3 is 19.1 Å². The molecule has 0 saturated carbocycles. The highest BCUT2D eigenvalue weighted by Gasteiger charge is 2.55. The van der Waals surface area contributed by atoms with Crippen molar-refractivity contribution in [3.63, 3.8) is 0 Å². The molecule has 0 amide bonds. The number of nitrogens with zero attached hydrogens (tertiary/aromatic N) is 1. The van der Waals surface area contributed by atoms with Gasteiger partial charge in [-0.05, 0) is 56.7 Å². The number of esters is 1. The Bertz CT molecular complexity index is 1690. The van der Waals surface area contributed by atoms with Crippen LogP contribution in [0, 0.1) is 0 Å². The van der Waals surface area contributed by atoms with Crippen LogP contribution in [-0.2, 0) is 23.4 Å². The van der Waals surface area contributed by atoms with Crippen molar-refractivity contribution in [1.82, 2.24) is 14.6 Å². The van der Waals surface area contributed by atoms with Gasteiger partial charge in [0.05, 0.1) is 12.7 Å². The summed E-state index contributed by atoms with van der Waals surface area (Å²) in [4.78, 5) is 50.4. The van der Waals surface area contributed by atoms with Gasteiger partial charge in [-0.25, -0.2) is 18.8 Å². The van der Waals surface area contributed by atoms with E-state index in [1.54, 1.807) is 19.9 Å². The molecule has 0 aliphatic carbocycles. The average Bonchev–Trinajstić information content (AvgIpc) is 3.22. The van der Waals surface area contributed by atoms with Gasteiger partial charge in [0, 0.05) is 17.8 Å². The summed E-state index contributed by atoms with van der Waals surface area (Å²) in [6.07, 6.45) is -1.37. The molecular formula is C30H33FN3O10P. The monoisotopic (exact) mass is 645 g/mol. The molecule has 1 aliphatic heterocycles. The van der Waals surface area contributed by atoms with Crippen molar-refractivity contribution >= 4 is 25.6 Å². The number of aromatic nitrogens is 2. The molecule has 1 aliphatic rings. The Hall–Kier alpha value is -4.20. The minimum absolute atomic E-state index is 0.00691. The number of benzene rings is 2. The normalized spacial score (nSPS) is 22.8. The highest BCUT2D eigenvalue weighted by Crippen LogP contribution is 2.47. The van der Waals surface area contributed by atoms with Gasteiger partial charge in [0.15, 0.2) is 17.7 Å². The quantitative estimate of drug-likeness (QED) is 0.108. The van der Waals surface area contributed by atoms with Crippen molar-refractivity contribution in [3.05, 3.63) is 105 Å². The lowest BCUT2D eigenvalue weighted by Gasteiger charge is -2.24. The first-order valence-electron chi connectivity index (χ1n) is 13.9. The van der Waals surface area contributed by atoms with Gasteiger partial charge in [-0.15, -0.1) is 0 Å². The Morgan fingerprint density at radius 3 is 2.49 bits per heavy atom. The summed E-state index contributed by atoms with van der Waals surface area (Å²) in [5, 5.41) is 13.0. The zero-order valence-electron chi connectivity index (χ0n) is 24.6. The van der Waals surface area contributed by atoms with E-state index in [0.717, 1.165) is 29.3 Å². The lowest BCUT2D eigenvalue weighted by Crippen LogP contribution is -2.43. The summed E-state index contributed by atoms with van der Waals surface area (Å²) in [6.45, 7) is 2.94. The van der Waals surface area contributed by atoms with Crippen molar-refractivity contribution in [1.29, 1.82) is 0 Å². The number of aliphatic hydroxyl groups is 1. The molecule has 1 aromatic heterocycles. The number of allylic oxidation sites excluding steroid dienone is 1. The summed E-state index contributed by atoms with van der Waals surface area (Å²) >= 11 is 0. The van der Waals surface area contributed by atoms with E-state index in [1.165, 1.54) is 30.3 Å². The fraction of sp³-hybridized carbons (Fsp3) is 0.333. The van der Waals surface area contributed by atoms with Crippen molar-refractivity contribution in [2.75, 3.05) is 13.2 Å². The molecule has 0 spiro atoms. The molecule has 0 radical (unpaired) electrons. The van der Waals surface area contributed by atoms with Crippen LogP contribution in [0.5, 0.6) is 5.75 Å². The number of halogens is 1. The Labute approximate surface area is 257 Å². The number of ketones is 1. The van der Waals surface area contributed by atoms with Crippen molar-refractivity contribution in [2.45, 2.75) is 51.0 Å². The number of carbonyl (C=O) groups is 2. The molecule has 1 fully saturated rings. The first-order chi connectivity index (χ1) is 21.3. The van der Waals surface area contributed by atoms with E-state index in [1.807, 2.05) is 35.3 Å². The third kappa shape index (κ3) is 8.71. The van der Waals surface area contributed by atoms with Gasteiger partial charge in [-0.1, -0.05) is 36.4 Å². The molecule has 13 nitrogen and oxygen atoms in total. The lowest BCUT2D eigenvalue weighted by molar-refractivity contribution is -0.146. The number of ether oxygens (including phenoxy) is 2. The average molecular weight is 646 g/mol. The molecule has 2 aromatic carbocycles. The SMILES string of the molecule is CC(C)OC(=O)CNP(=O)(OC[C@H]1O[C@@H](n2ccc(=O)[nH]c2=O)[C@](C)(F)[C@@H]1O)Oc1ccc(C(=O)/C=C/c2ccccc2)cc1. The zero-order valence-corrected chi connectivity index (χ0v) is 25.5. The second-order valence-corrected chi connectivity index (χ2v) is 12.3. The minimum atomic E-state index is -4.44. The maximum Gasteiger partial charge on any atom is 0.459 e. The van der Waals surface area contributed by atoms with Crippen LogP contribution in [0.2, 0.25) is 0 Å². The molecule has 3 aromatic rings. The number of H-pyrrole nitrogens is 1. The van der Waals surface area contributed by atoms with E-state index in [2.05, 4.69) is 5.09 Å². The highest BCUT2D eigenvalue weighted by molar-refractivity contribution is 7.52. The Balaban J connectivity index is 1.48.